The molecule has 0 fully saturated rings. The number of hydrogen-bond donors (Lipinski definition) is 0. The minimum absolute atomic E-state index is 0.0498. The van der Waals surface area contributed by atoms with E-state index in [4.69, 9.17) is 0 Å². The van der Waals surface area contributed by atoms with Crippen LogP contribution < -0.4 is 0 Å². The van der Waals surface area contributed by atoms with E-state index in [1.807, 2.05) is 19.0 Å². The monoisotopic (exact) mass is 359 g/mol. The summed E-state index contributed by atoms with van der Waals surface area (Å²) in [6.07, 6.45) is -0.0498. The fraction of sp³-hybridized carbons (Fsp3) is 0.316. The van der Waals surface area contributed by atoms with E-state index < -0.39 is 4.92 Å². The topological polar surface area (TPSA) is 66.7 Å². The summed E-state index contributed by atoms with van der Waals surface area (Å²) in [6, 6.07) is 12.2. The van der Waals surface area contributed by atoms with Crippen molar-refractivity contribution in [1.82, 2.24) is 9.80 Å². The summed E-state index contributed by atoms with van der Waals surface area (Å²) in [7, 11) is 3.81. The van der Waals surface area contributed by atoms with Crippen LogP contribution in [0.4, 0.5) is 10.1 Å². The molecule has 0 aliphatic rings. The molecule has 0 atom stereocenters. The Morgan fingerprint density at radius 3 is 2.35 bits per heavy atom. The number of hydrogen-bond acceptors (Lipinski definition) is 4. The number of likely N-dealkylation sites (N-methyl/N-ethyl adjacent to an activating group) is 1. The van der Waals surface area contributed by atoms with E-state index in [9.17, 15) is 19.3 Å². The first-order valence-electron chi connectivity index (χ1n) is 8.26. The molecule has 26 heavy (non-hydrogen) atoms. The summed E-state index contributed by atoms with van der Waals surface area (Å²) in [4.78, 5) is 27.0. The van der Waals surface area contributed by atoms with Crippen molar-refractivity contribution < 1.29 is 14.1 Å². The zero-order valence-electron chi connectivity index (χ0n) is 14.9. The molecule has 2 aromatic carbocycles. The Morgan fingerprint density at radius 2 is 1.73 bits per heavy atom. The third kappa shape index (κ3) is 5.63. The maximum atomic E-state index is 13.1. The smallest absolute Gasteiger partial charge is 0.273 e. The lowest BCUT2D eigenvalue weighted by Crippen LogP contribution is -2.37. The van der Waals surface area contributed by atoms with Crippen LogP contribution >= 0.6 is 0 Å². The largest absolute Gasteiger partial charge is 0.337 e. The van der Waals surface area contributed by atoms with Crippen molar-refractivity contribution in [2.24, 2.45) is 0 Å². The molecule has 2 rings (SSSR count). The molecule has 138 valence electrons. The Morgan fingerprint density at radius 1 is 1.08 bits per heavy atom. The normalized spacial score (nSPS) is 10.8. The number of carbonyl (C=O) groups is 1. The molecule has 0 aliphatic carbocycles. The Kier molecular flexibility index (Phi) is 6.80. The van der Waals surface area contributed by atoms with E-state index in [2.05, 4.69) is 0 Å². The van der Waals surface area contributed by atoms with Crippen LogP contribution in [0.5, 0.6) is 0 Å². The molecule has 7 heteroatoms. The second-order valence-electron chi connectivity index (χ2n) is 6.31. The van der Waals surface area contributed by atoms with Crippen molar-refractivity contribution in [2.45, 2.75) is 13.0 Å². The van der Waals surface area contributed by atoms with E-state index in [-0.39, 0.29) is 23.8 Å². The van der Waals surface area contributed by atoms with E-state index in [0.29, 0.717) is 25.2 Å². The van der Waals surface area contributed by atoms with Gasteiger partial charge < -0.3 is 9.80 Å². The predicted octanol–water partition coefficient (Wildman–Crippen LogP) is 2.87. The molecule has 0 N–H and O–H groups in total. The van der Waals surface area contributed by atoms with Gasteiger partial charge in [-0.2, -0.15) is 0 Å². The minimum Gasteiger partial charge on any atom is -0.337 e. The first-order valence-corrected chi connectivity index (χ1v) is 8.26. The van der Waals surface area contributed by atoms with Gasteiger partial charge in [0.2, 0.25) is 5.91 Å². The fourth-order valence-electron chi connectivity index (χ4n) is 2.54. The van der Waals surface area contributed by atoms with Crippen molar-refractivity contribution in [3.63, 3.8) is 0 Å². The zero-order valence-corrected chi connectivity index (χ0v) is 14.9. The zero-order chi connectivity index (χ0) is 19.1. The van der Waals surface area contributed by atoms with Gasteiger partial charge in [-0.05, 0) is 31.8 Å². The van der Waals surface area contributed by atoms with Crippen molar-refractivity contribution >= 4 is 11.6 Å². The van der Waals surface area contributed by atoms with Gasteiger partial charge in [-0.3, -0.25) is 14.9 Å². The molecule has 0 aliphatic heterocycles. The molecule has 2 aromatic rings. The Hall–Kier alpha value is -2.80. The van der Waals surface area contributed by atoms with Gasteiger partial charge >= 0.3 is 0 Å². The molecule has 0 unspecified atom stereocenters. The number of halogens is 1. The number of nitro groups is 1. The SMILES string of the molecule is CN(C)CCN(Cc1ccc(F)cc1)C(=O)Cc1ccccc1[N+](=O)[O-]. The molecule has 0 saturated heterocycles. The summed E-state index contributed by atoms with van der Waals surface area (Å²) in [5, 5.41) is 11.1. The number of para-hydroxylation sites is 1. The lowest BCUT2D eigenvalue weighted by molar-refractivity contribution is -0.385. The third-order valence-electron chi connectivity index (χ3n) is 3.99. The molecule has 0 radical (unpaired) electrons. The molecular weight excluding hydrogens is 337 g/mol. The number of benzene rings is 2. The van der Waals surface area contributed by atoms with Gasteiger partial charge in [0.1, 0.15) is 5.82 Å². The number of carbonyl (C=O) groups excluding carboxylic acids is 1. The lowest BCUT2D eigenvalue weighted by atomic mass is 10.1. The Balaban J connectivity index is 2.17. The summed E-state index contributed by atoms with van der Waals surface area (Å²) in [6.45, 7) is 1.46. The van der Waals surface area contributed by atoms with Crippen LogP contribution in [-0.2, 0) is 17.8 Å². The number of nitrogens with zero attached hydrogens (tertiary/aromatic N) is 3. The van der Waals surface area contributed by atoms with Gasteiger partial charge in [0, 0.05) is 31.3 Å². The average Bonchev–Trinajstić information content (AvgIpc) is 2.60. The molecule has 0 aromatic heterocycles. The van der Waals surface area contributed by atoms with Crippen LogP contribution in [0.2, 0.25) is 0 Å². The third-order valence-corrected chi connectivity index (χ3v) is 3.99. The minimum atomic E-state index is -0.479. The molecule has 1 amide bonds. The van der Waals surface area contributed by atoms with Gasteiger partial charge in [0.05, 0.1) is 11.3 Å². The number of amides is 1. The average molecular weight is 359 g/mol. The highest BCUT2D eigenvalue weighted by molar-refractivity contribution is 5.80. The van der Waals surface area contributed by atoms with Crippen LogP contribution in [0.3, 0.4) is 0 Å². The Labute approximate surface area is 152 Å². The molecule has 0 heterocycles. The maximum Gasteiger partial charge on any atom is 0.273 e. The van der Waals surface area contributed by atoms with Crippen molar-refractivity contribution in [2.75, 3.05) is 27.2 Å². The predicted molar refractivity (Wildman–Crippen MR) is 97.2 cm³/mol. The number of nitro benzene ring substituents is 1. The van der Waals surface area contributed by atoms with E-state index in [1.165, 1.54) is 18.2 Å². The Bertz CT molecular complexity index is 763. The fourth-order valence-corrected chi connectivity index (χ4v) is 2.54. The van der Waals surface area contributed by atoms with Gasteiger partial charge in [0.25, 0.3) is 5.69 Å². The van der Waals surface area contributed by atoms with Crippen LogP contribution in [0.25, 0.3) is 0 Å². The highest BCUT2D eigenvalue weighted by Gasteiger charge is 2.20. The highest BCUT2D eigenvalue weighted by atomic mass is 19.1. The van der Waals surface area contributed by atoms with E-state index >= 15 is 0 Å². The second kappa shape index (κ2) is 9.05. The summed E-state index contributed by atoms with van der Waals surface area (Å²) in [5.41, 5.74) is 1.13. The van der Waals surface area contributed by atoms with E-state index in [0.717, 1.165) is 5.56 Å². The number of rotatable bonds is 8. The summed E-state index contributed by atoms with van der Waals surface area (Å²) in [5.74, 6) is -0.537. The van der Waals surface area contributed by atoms with Gasteiger partial charge in [-0.15, -0.1) is 0 Å². The molecule has 0 spiro atoms. The molecule has 6 nitrogen and oxygen atoms in total. The molecule has 0 bridgehead atoms. The first-order chi connectivity index (χ1) is 12.4. The van der Waals surface area contributed by atoms with Crippen molar-refractivity contribution in [3.05, 3.63) is 75.6 Å². The highest BCUT2D eigenvalue weighted by Crippen LogP contribution is 2.19. The second-order valence-corrected chi connectivity index (χ2v) is 6.31. The van der Waals surface area contributed by atoms with Gasteiger partial charge in [0.15, 0.2) is 0 Å². The van der Waals surface area contributed by atoms with Crippen LogP contribution in [0, 0.1) is 15.9 Å². The van der Waals surface area contributed by atoms with Crippen molar-refractivity contribution in [1.29, 1.82) is 0 Å². The molecule has 0 saturated carbocycles. The lowest BCUT2D eigenvalue weighted by Gasteiger charge is -2.24. The van der Waals surface area contributed by atoms with Crippen LogP contribution in [0.1, 0.15) is 11.1 Å². The summed E-state index contributed by atoms with van der Waals surface area (Å²) >= 11 is 0. The maximum absolute atomic E-state index is 13.1. The van der Waals surface area contributed by atoms with Gasteiger partial charge in [-0.1, -0.05) is 30.3 Å². The molecular formula is C19H22FN3O3. The van der Waals surface area contributed by atoms with Gasteiger partial charge in [-0.25, -0.2) is 4.39 Å². The van der Waals surface area contributed by atoms with Crippen molar-refractivity contribution in [3.8, 4) is 0 Å². The van der Waals surface area contributed by atoms with E-state index in [1.54, 1.807) is 35.2 Å². The van der Waals surface area contributed by atoms with Crippen LogP contribution in [0.15, 0.2) is 48.5 Å². The standard InChI is InChI=1S/C19H22FN3O3/c1-21(2)11-12-22(14-15-7-9-17(20)10-8-15)19(24)13-16-5-3-4-6-18(16)23(25)26/h3-10H,11-14H2,1-2H3. The van der Waals surface area contributed by atoms with Crippen LogP contribution in [-0.4, -0.2) is 47.8 Å². The quantitative estimate of drug-likeness (QED) is 0.537. The first kappa shape index (κ1) is 19.5. The summed E-state index contributed by atoms with van der Waals surface area (Å²) < 4.78 is 13.1.